The molecule has 1 N–H and O–H groups in total. The number of hydrogen-bond donors (Lipinski definition) is 1. The number of alkyl halides is 1. The number of carbonyl (C=O) groups is 1. The van der Waals surface area contributed by atoms with Crippen LogP contribution in [0.4, 0.5) is 0 Å². The van der Waals surface area contributed by atoms with Crippen LogP contribution in [0.1, 0.15) is 36.0 Å². The first kappa shape index (κ1) is 14.5. The number of halogens is 1. The molecule has 0 radical (unpaired) electrons. The van der Waals surface area contributed by atoms with E-state index >= 15 is 0 Å². The minimum atomic E-state index is 0.0265. The number of rotatable bonds is 3. The standard InChI is InChI=1S/C17H19BrN2O/c18-11-14-4-1-2-6-16(14)20-17(21)13-7-8-15-12(10-13)5-3-9-19-15/h3,5,7-10,14,16H,1-2,4,6,11H2,(H,20,21). The third-order valence-corrected chi connectivity index (χ3v) is 5.12. The average Bonchev–Trinajstić information content (AvgIpc) is 2.55. The number of aromatic nitrogens is 1. The molecule has 1 aromatic carbocycles. The maximum absolute atomic E-state index is 12.5. The van der Waals surface area contributed by atoms with Crippen molar-refractivity contribution in [1.82, 2.24) is 10.3 Å². The number of benzene rings is 1. The van der Waals surface area contributed by atoms with E-state index in [0.29, 0.717) is 5.92 Å². The molecule has 1 saturated carbocycles. The normalized spacial score (nSPS) is 22.1. The summed E-state index contributed by atoms with van der Waals surface area (Å²) < 4.78 is 0. The molecule has 1 heterocycles. The van der Waals surface area contributed by atoms with Gasteiger partial charge in [-0.05, 0) is 43.0 Å². The molecule has 2 atom stereocenters. The molecule has 3 rings (SSSR count). The summed E-state index contributed by atoms with van der Waals surface area (Å²) in [5, 5.41) is 5.17. The summed E-state index contributed by atoms with van der Waals surface area (Å²) in [4.78, 5) is 16.8. The van der Waals surface area contributed by atoms with E-state index in [1.807, 2.05) is 30.3 Å². The van der Waals surface area contributed by atoms with Crippen LogP contribution in [0.15, 0.2) is 36.5 Å². The molecule has 110 valence electrons. The van der Waals surface area contributed by atoms with Crippen LogP contribution in [-0.4, -0.2) is 22.3 Å². The summed E-state index contributed by atoms with van der Waals surface area (Å²) in [7, 11) is 0. The van der Waals surface area contributed by atoms with E-state index in [1.54, 1.807) is 6.20 Å². The van der Waals surface area contributed by atoms with E-state index in [9.17, 15) is 4.79 Å². The number of amides is 1. The lowest BCUT2D eigenvalue weighted by Gasteiger charge is -2.31. The molecular formula is C17H19BrN2O. The molecule has 1 aliphatic rings. The number of fused-ring (bicyclic) bond motifs is 1. The monoisotopic (exact) mass is 346 g/mol. The lowest BCUT2D eigenvalue weighted by Crippen LogP contribution is -2.42. The number of nitrogens with zero attached hydrogens (tertiary/aromatic N) is 1. The summed E-state index contributed by atoms with van der Waals surface area (Å²) in [6.07, 6.45) is 6.51. The van der Waals surface area contributed by atoms with Crippen molar-refractivity contribution >= 4 is 32.7 Å². The second-order valence-corrected chi connectivity index (χ2v) is 6.34. The van der Waals surface area contributed by atoms with Crippen LogP contribution in [0, 0.1) is 5.92 Å². The van der Waals surface area contributed by atoms with Crippen LogP contribution < -0.4 is 5.32 Å². The third-order valence-electron chi connectivity index (χ3n) is 4.29. The molecule has 0 spiro atoms. The summed E-state index contributed by atoms with van der Waals surface area (Å²) in [6, 6.07) is 9.86. The second-order valence-electron chi connectivity index (χ2n) is 5.69. The van der Waals surface area contributed by atoms with Gasteiger partial charge in [-0.1, -0.05) is 34.8 Å². The quantitative estimate of drug-likeness (QED) is 0.855. The van der Waals surface area contributed by atoms with Crippen molar-refractivity contribution in [1.29, 1.82) is 0 Å². The molecule has 1 fully saturated rings. The molecule has 0 aliphatic heterocycles. The maximum atomic E-state index is 12.5. The molecule has 0 bridgehead atoms. The lowest BCUT2D eigenvalue weighted by atomic mass is 9.86. The van der Waals surface area contributed by atoms with Crippen molar-refractivity contribution in [2.75, 3.05) is 5.33 Å². The lowest BCUT2D eigenvalue weighted by molar-refractivity contribution is 0.0912. The number of carbonyl (C=O) groups excluding carboxylic acids is 1. The van der Waals surface area contributed by atoms with Gasteiger partial charge in [0.05, 0.1) is 5.52 Å². The van der Waals surface area contributed by atoms with E-state index in [0.717, 1.165) is 28.2 Å². The number of nitrogens with one attached hydrogen (secondary N) is 1. The van der Waals surface area contributed by atoms with Crippen LogP contribution in [0.3, 0.4) is 0 Å². The van der Waals surface area contributed by atoms with E-state index < -0.39 is 0 Å². The Kier molecular flexibility index (Phi) is 4.54. The van der Waals surface area contributed by atoms with E-state index in [1.165, 1.54) is 19.3 Å². The Morgan fingerprint density at radius 3 is 3.00 bits per heavy atom. The highest BCUT2D eigenvalue weighted by atomic mass is 79.9. The van der Waals surface area contributed by atoms with Gasteiger partial charge in [0, 0.05) is 28.5 Å². The van der Waals surface area contributed by atoms with Gasteiger partial charge in [-0.25, -0.2) is 0 Å². The van der Waals surface area contributed by atoms with Crippen LogP contribution in [-0.2, 0) is 0 Å². The fourth-order valence-electron chi connectivity index (χ4n) is 3.05. The van der Waals surface area contributed by atoms with Crippen molar-refractivity contribution in [3.63, 3.8) is 0 Å². The van der Waals surface area contributed by atoms with Gasteiger partial charge in [-0.15, -0.1) is 0 Å². The Morgan fingerprint density at radius 2 is 2.14 bits per heavy atom. The van der Waals surface area contributed by atoms with Crippen LogP contribution in [0.2, 0.25) is 0 Å². The summed E-state index contributed by atoms with van der Waals surface area (Å²) in [5.41, 5.74) is 1.64. The Hall–Kier alpha value is -1.42. The highest BCUT2D eigenvalue weighted by Gasteiger charge is 2.25. The first-order valence-electron chi connectivity index (χ1n) is 7.49. The Bertz CT molecular complexity index is 643. The van der Waals surface area contributed by atoms with Crippen LogP contribution in [0.25, 0.3) is 10.9 Å². The van der Waals surface area contributed by atoms with Gasteiger partial charge >= 0.3 is 0 Å². The minimum absolute atomic E-state index is 0.0265. The number of hydrogen-bond acceptors (Lipinski definition) is 2. The summed E-state index contributed by atoms with van der Waals surface area (Å²) >= 11 is 3.57. The summed E-state index contributed by atoms with van der Waals surface area (Å²) in [5.74, 6) is 0.573. The van der Waals surface area contributed by atoms with Gasteiger partial charge in [0.1, 0.15) is 0 Å². The Morgan fingerprint density at radius 1 is 1.29 bits per heavy atom. The maximum Gasteiger partial charge on any atom is 0.251 e. The highest BCUT2D eigenvalue weighted by molar-refractivity contribution is 9.09. The van der Waals surface area contributed by atoms with Crippen molar-refractivity contribution < 1.29 is 4.79 Å². The molecule has 2 aromatic rings. The average molecular weight is 347 g/mol. The van der Waals surface area contributed by atoms with Crippen molar-refractivity contribution in [3.8, 4) is 0 Å². The van der Waals surface area contributed by atoms with Gasteiger partial charge in [0.15, 0.2) is 0 Å². The van der Waals surface area contributed by atoms with E-state index in [-0.39, 0.29) is 11.9 Å². The zero-order valence-corrected chi connectivity index (χ0v) is 13.5. The molecule has 2 unspecified atom stereocenters. The highest BCUT2D eigenvalue weighted by Crippen LogP contribution is 2.26. The Balaban J connectivity index is 1.76. The van der Waals surface area contributed by atoms with Crippen molar-refractivity contribution in [3.05, 3.63) is 42.1 Å². The molecule has 1 amide bonds. The van der Waals surface area contributed by atoms with Gasteiger partial charge in [0.2, 0.25) is 0 Å². The van der Waals surface area contributed by atoms with Crippen LogP contribution >= 0.6 is 15.9 Å². The van der Waals surface area contributed by atoms with Crippen LogP contribution in [0.5, 0.6) is 0 Å². The van der Waals surface area contributed by atoms with E-state index in [2.05, 4.69) is 26.2 Å². The molecule has 1 aromatic heterocycles. The smallest absolute Gasteiger partial charge is 0.251 e. The molecule has 3 nitrogen and oxygen atoms in total. The topological polar surface area (TPSA) is 42.0 Å². The third kappa shape index (κ3) is 3.26. The molecular weight excluding hydrogens is 328 g/mol. The predicted molar refractivity (Wildman–Crippen MR) is 88.7 cm³/mol. The van der Waals surface area contributed by atoms with Gasteiger partial charge in [0.25, 0.3) is 5.91 Å². The van der Waals surface area contributed by atoms with Gasteiger partial charge < -0.3 is 5.32 Å². The van der Waals surface area contributed by atoms with Gasteiger partial charge in [-0.3, -0.25) is 9.78 Å². The van der Waals surface area contributed by atoms with Crippen molar-refractivity contribution in [2.24, 2.45) is 5.92 Å². The van der Waals surface area contributed by atoms with Gasteiger partial charge in [-0.2, -0.15) is 0 Å². The van der Waals surface area contributed by atoms with Crippen molar-refractivity contribution in [2.45, 2.75) is 31.7 Å². The first-order chi connectivity index (χ1) is 10.3. The summed E-state index contributed by atoms with van der Waals surface area (Å²) in [6.45, 7) is 0. The minimum Gasteiger partial charge on any atom is -0.349 e. The molecule has 21 heavy (non-hydrogen) atoms. The zero-order chi connectivity index (χ0) is 14.7. The first-order valence-corrected chi connectivity index (χ1v) is 8.61. The molecule has 4 heteroatoms. The predicted octanol–water partition coefficient (Wildman–Crippen LogP) is 3.92. The fourth-order valence-corrected chi connectivity index (χ4v) is 3.83. The largest absolute Gasteiger partial charge is 0.349 e. The van der Waals surface area contributed by atoms with E-state index in [4.69, 9.17) is 0 Å². The fraction of sp³-hybridized carbons (Fsp3) is 0.412. The molecule has 0 saturated heterocycles. The molecule has 1 aliphatic carbocycles. The Labute approximate surface area is 133 Å². The zero-order valence-electron chi connectivity index (χ0n) is 11.9. The second kappa shape index (κ2) is 6.56. The SMILES string of the molecule is O=C(NC1CCCCC1CBr)c1ccc2ncccc2c1. The number of pyridine rings is 1.